The van der Waals surface area contributed by atoms with Crippen LogP contribution in [-0.2, 0) is 9.53 Å². The van der Waals surface area contributed by atoms with Gasteiger partial charge in [-0.3, -0.25) is 14.6 Å². The van der Waals surface area contributed by atoms with Crippen LogP contribution in [0.25, 0.3) is 0 Å². The third-order valence-electron chi connectivity index (χ3n) is 2.20. The summed E-state index contributed by atoms with van der Waals surface area (Å²) in [6.07, 6.45) is 3.46. The number of pyridine rings is 1. The first-order valence-electron chi connectivity index (χ1n) is 5.24. The Bertz CT molecular complexity index is 388. The Morgan fingerprint density at radius 3 is 2.75 bits per heavy atom. The lowest BCUT2D eigenvalue weighted by Gasteiger charge is -2.03. The van der Waals surface area contributed by atoms with Gasteiger partial charge < -0.3 is 4.74 Å². The molecule has 0 amide bonds. The number of carbonyl (C=O) groups is 2. The molecule has 0 aromatic carbocycles. The Morgan fingerprint density at radius 2 is 2.12 bits per heavy atom. The summed E-state index contributed by atoms with van der Waals surface area (Å²) >= 11 is 0. The number of ether oxygens (including phenoxy) is 1. The van der Waals surface area contributed by atoms with Gasteiger partial charge in [0.15, 0.2) is 5.78 Å². The van der Waals surface area contributed by atoms with Crippen LogP contribution < -0.4 is 0 Å². The van der Waals surface area contributed by atoms with E-state index in [4.69, 9.17) is 4.74 Å². The van der Waals surface area contributed by atoms with Crippen molar-refractivity contribution in [3.05, 3.63) is 29.6 Å². The molecule has 4 heteroatoms. The molecule has 0 spiro atoms. The number of nitrogens with zero attached hydrogens (tertiary/aromatic N) is 1. The quantitative estimate of drug-likeness (QED) is 0.563. The SMILES string of the molecule is CCOC(=O)CCC(=O)c1cnccc1C. The van der Waals surface area contributed by atoms with Crippen LogP contribution in [0.1, 0.15) is 35.7 Å². The maximum Gasteiger partial charge on any atom is 0.306 e. The average Bonchev–Trinajstić information content (AvgIpc) is 2.27. The predicted molar refractivity (Wildman–Crippen MR) is 59.2 cm³/mol. The summed E-state index contributed by atoms with van der Waals surface area (Å²) in [7, 11) is 0. The third kappa shape index (κ3) is 3.46. The highest BCUT2D eigenvalue weighted by molar-refractivity contribution is 5.98. The van der Waals surface area contributed by atoms with Gasteiger partial charge in [-0.15, -0.1) is 0 Å². The Hall–Kier alpha value is -1.71. The van der Waals surface area contributed by atoms with Crippen molar-refractivity contribution in [3.63, 3.8) is 0 Å². The molecule has 0 saturated carbocycles. The summed E-state index contributed by atoms with van der Waals surface area (Å²) in [6.45, 7) is 3.93. The zero-order valence-electron chi connectivity index (χ0n) is 9.53. The summed E-state index contributed by atoms with van der Waals surface area (Å²) in [5.41, 5.74) is 1.45. The van der Waals surface area contributed by atoms with Crippen molar-refractivity contribution < 1.29 is 14.3 Å². The van der Waals surface area contributed by atoms with Gasteiger partial charge in [0.1, 0.15) is 0 Å². The van der Waals surface area contributed by atoms with Gasteiger partial charge in [-0.2, -0.15) is 0 Å². The lowest BCUT2D eigenvalue weighted by molar-refractivity contribution is -0.143. The molecule has 1 rings (SSSR count). The van der Waals surface area contributed by atoms with E-state index in [1.165, 1.54) is 6.20 Å². The summed E-state index contributed by atoms with van der Waals surface area (Å²) in [6, 6.07) is 1.78. The summed E-state index contributed by atoms with van der Waals surface area (Å²) in [5.74, 6) is -0.406. The third-order valence-corrected chi connectivity index (χ3v) is 2.20. The Labute approximate surface area is 94.6 Å². The molecule has 1 heterocycles. The molecule has 1 aromatic rings. The summed E-state index contributed by atoms with van der Waals surface area (Å²) in [4.78, 5) is 26.7. The van der Waals surface area contributed by atoms with E-state index in [0.29, 0.717) is 12.2 Å². The van der Waals surface area contributed by atoms with Crippen molar-refractivity contribution >= 4 is 11.8 Å². The number of hydrogen-bond acceptors (Lipinski definition) is 4. The van der Waals surface area contributed by atoms with E-state index >= 15 is 0 Å². The maximum absolute atomic E-state index is 11.7. The lowest BCUT2D eigenvalue weighted by Crippen LogP contribution is -2.09. The standard InChI is InChI=1S/C12H15NO3/c1-3-16-12(15)5-4-11(14)10-8-13-7-6-9(10)2/h6-8H,3-5H2,1-2H3. The molecule has 4 nitrogen and oxygen atoms in total. The summed E-state index contributed by atoms with van der Waals surface area (Å²) < 4.78 is 4.75. The van der Waals surface area contributed by atoms with Crippen LogP contribution in [0.4, 0.5) is 0 Å². The van der Waals surface area contributed by atoms with Crippen LogP contribution in [0.15, 0.2) is 18.5 Å². The minimum atomic E-state index is -0.336. The molecule has 0 aliphatic carbocycles. The van der Waals surface area contributed by atoms with Crippen molar-refractivity contribution in [1.29, 1.82) is 0 Å². The molecule has 0 fully saturated rings. The number of aryl methyl sites for hydroxylation is 1. The van der Waals surface area contributed by atoms with E-state index in [1.54, 1.807) is 19.2 Å². The Morgan fingerprint density at radius 1 is 1.38 bits per heavy atom. The summed E-state index contributed by atoms with van der Waals surface area (Å²) in [5, 5.41) is 0. The van der Waals surface area contributed by atoms with Gasteiger partial charge in [0, 0.05) is 24.4 Å². The lowest BCUT2D eigenvalue weighted by atomic mass is 10.0. The zero-order chi connectivity index (χ0) is 12.0. The molecule has 1 aromatic heterocycles. The van der Waals surface area contributed by atoms with Crippen molar-refractivity contribution in [2.45, 2.75) is 26.7 Å². The fraction of sp³-hybridized carbons (Fsp3) is 0.417. The van der Waals surface area contributed by atoms with E-state index in [2.05, 4.69) is 4.98 Å². The van der Waals surface area contributed by atoms with E-state index in [9.17, 15) is 9.59 Å². The molecule has 0 saturated heterocycles. The normalized spacial score (nSPS) is 9.88. The van der Waals surface area contributed by atoms with E-state index < -0.39 is 0 Å². The first kappa shape index (κ1) is 12.4. The van der Waals surface area contributed by atoms with Crippen molar-refractivity contribution in [3.8, 4) is 0 Å². The number of esters is 1. The molecule has 0 atom stereocenters. The number of carbonyl (C=O) groups excluding carboxylic acids is 2. The minimum Gasteiger partial charge on any atom is -0.466 e. The van der Waals surface area contributed by atoms with Crippen LogP contribution in [0.3, 0.4) is 0 Å². The topological polar surface area (TPSA) is 56.3 Å². The average molecular weight is 221 g/mol. The van der Waals surface area contributed by atoms with Crippen LogP contribution in [0.5, 0.6) is 0 Å². The monoisotopic (exact) mass is 221 g/mol. The largest absolute Gasteiger partial charge is 0.466 e. The molecule has 86 valence electrons. The predicted octanol–water partition coefficient (Wildman–Crippen LogP) is 1.92. The second-order valence-electron chi connectivity index (χ2n) is 3.42. The van der Waals surface area contributed by atoms with Gasteiger partial charge in [0.05, 0.1) is 13.0 Å². The van der Waals surface area contributed by atoms with E-state index in [0.717, 1.165) is 5.56 Å². The number of Topliss-reactive ketones (excluding diaryl/α,β-unsaturated/α-hetero) is 1. The molecule has 0 N–H and O–H groups in total. The van der Waals surface area contributed by atoms with Crippen LogP contribution in [-0.4, -0.2) is 23.3 Å². The van der Waals surface area contributed by atoms with Crippen molar-refractivity contribution in [1.82, 2.24) is 4.98 Å². The van der Waals surface area contributed by atoms with Crippen LogP contribution in [0.2, 0.25) is 0 Å². The molecule has 0 radical (unpaired) electrons. The van der Waals surface area contributed by atoms with Crippen LogP contribution in [0, 0.1) is 6.92 Å². The van der Waals surface area contributed by atoms with Crippen LogP contribution >= 0.6 is 0 Å². The highest BCUT2D eigenvalue weighted by Crippen LogP contribution is 2.09. The molecule has 16 heavy (non-hydrogen) atoms. The van der Waals surface area contributed by atoms with Gasteiger partial charge in [-0.25, -0.2) is 0 Å². The second-order valence-corrected chi connectivity index (χ2v) is 3.42. The first-order valence-corrected chi connectivity index (χ1v) is 5.24. The molecule has 0 unspecified atom stereocenters. The molecular formula is C12H15NO3. The Kier molecular flexibility index (Phi) is 4.64. The van der Waals surface area contributed by atoms with Gasteiger partial charge >= 0.3 is 5.97 Å². The molecular weight excluding hydrogens is 206 g/mol. The fourth-order valence-corrected chi connectivity index (χ4v) is 1.34. The van der Waals surface area contributed by atoms with E-state index in [1.807, 2.05) is 6.92 Å². The van der Waals surface area contributed by atoms with Crippen molar-refractivity contribution in [2.24, 2.45) is 0 Å². The minimum absolute atomic E-state index is 0.0707. The van der Waals surface area contributed by atoms with Crippen molar-refractivity contribution in [2.75, 3.05) is 6.61 Å². The van der Waals surface area contributed by atoms with Gasteiger partial charge in [0.25, 0.3) is 0 Å². The highest BCUT2D eigenvalue weighted by atomic mass is 16.5. The highest BCUT2D eigenvalue weighted by Gasteiger charge is 2.11. The number of aromatic nitrogens is 1. The Balaban J connectivity index is 2.54. The number of ketones is 1. The molecule has 0 aliphatic rings. The van der Waals surface area contributed by atoms with Gasteiger partial charge in [-0.05, 0) is 25.5 Å². The van der Waals surface area contributed by atoms with E-state index in [-0.39, 0.29) is 24.6 Å². The van der Waals surface area contributed by atoms with Gasteiger partial charge in [0.2, 0.25) is 0 Å². The smallest absolute Gasteiger partial charge is 0.306 e. The molecule has 0 aliphatic heterocycles. The number of rotatable bonds is 5. The van der Waals surface area contributed by atoms with Gasteiger partial charge in [-0.1, -0.05) is 0 Å². The first-order chi connectivity index (χ1) is 7.65. The second kappa shape index (κ2) is 6.00. The zero-order valence-corrected chi connectivity index (χ0v) is 9.53. The maximum atomic E-state index is 11.7. The fourth-order valence-electron chi connectivity index (χ4n) is 1.34. The number of hydrogen-bond donors (Lipinski definition) is 0. The molecule has 0 bridgehead atoms.